The Labute approximate surface area is 147 Å². The third-order valence-electron chi connectivity index (χ3n) is 4.48. The lowest BCUT2D eigenvalue weighted by molar-refractivity contribution is 0.107. The number of benzene rings is 1. The maximum atomic E-state index is 9.02. The van der Waals surface area contributed by atoms with Gasteiger partial charge in [-0.15, -0.1) is 11.8 Å². The predicted octanol–water partition coefficient (Wildman–Crippen LogP) is 2.48. The zero-order valence-electron chi connectivity index (χ0n) is 14.4. The molecule has 1 fully saturated rings. The van der Waals surface area contributed by atoms with E-state index in [1.807, 2.05) is 6.92 Å². The molecule has 130 valence electrons. The van der Waals surface area contributed by atoms with Crippen molar-refractivity contribution in [1.82, 2.24) is 14.8 Å². The molecular formula is C18H25N3O2S. The monoisotopic (exact) mass is 347 g/mol. The van der Waals surface area contributed by atoms with Gasteiger partial charge in [0.25, 0.3) is 0 Å². The summed E-state index contributed by atoms with van der Waals surface area (Å²) in [6.07, 6.45) is 2.07. The van der Waals surface area contributed by atoms with Gasteiger partial charge < -0.3 is 9.52 Å². The van der Waals surface area contributed by atoms with Gasteiger partial charge in [-0.1, -0.05) is 0 Å². The number of aromatic nitrogens is 1. The van der Waals surface area contributed by atoms with Crippen molar-refractivity contribution in [1.29, 1.82) is 0 Å². The van der Waals surface area contributed by atoms with Gasteiger partial charge in [0.1, 0.15) is 5.76 Å². The minimum absolute atomic E-state index is 0.237. The van der Waals surface area contributed by atoms with E-state index in [0.717, 1.165) is 56.3 Å². The number of oxazole rings is 1. The van der Waals surface area contributed by atoms with Crippen molar-refractivity contribution >= 4 is 11.8 Å². The zero-order valence-corrected chi connectivity index (χ0v) is 15.2. The summed E-state index contributed by atoms with van der Waals surface area (Å²) in [4.78, 5) is 10.7. The minimum Gasteiger partial charge on any atom is -0.441 e. The van der Waals surface area contributed by atoms with Crippen molar-refractivity contribution in [3.8, 4) is 11.5 Å². The van der Waals surface area contributed by atoms with Crippen LogP contribution in [0.4, 0.5) is 0 Å². The highest BCUT2D eigenvalue weighted by Crippen LogP contribution is 2.25. The molecule has 0 atom stereocenters. The number of aliphatic hydroxyl groups is 1. The van der Waals surface area contributed by atoms with Gasteiger partial charge in [-0.2, -0.15) is 0 Å². The molecule has 24 heavy (non-hydrogen) atoms. The molecule has 0 aliphatic carbocycles. The van der Waals surface area contributed by atoms with E-state index in [9.17, 15) is 0 Å². The van der Waals surface area contributed by atoms with Crippen molar-refractivity contribution in [2.24, 2.45) is 0 Å². The molecule has 2 aromatic rings. The smallest absolute Gasteiger partial charge is 0.226 e. The van der Waals surface area contributed by atoms with E-state index in [1.54, 1.807) is 11.8 Å². The lowest BCUT2D eigenvalue weighted by atomic mass is 10.2. The fraction of sp³-hybridized carbons (Fsp3) is 0.500. The Morgan fingerprint density at radius 1 is 1.12 bits per heavy atom. The molecule has 0 bridgehead atoms. The molecule has 0 unspecified atom stereocenters. The van der Waals surface area contributed by atoms with Gasteiger partial charge in [-0.05, 0) is 37.4 Å². The van der Waals surface area contributed by atoms with Crippen LogP contribution in [0.5, 0.6) is 0 Å². The van der Waals surface area contributed by atoms with E-state index >= 15 is 0 Å². The van der Waals surface area contributed by atoms with Crippen LogP contribution in [-0.4, -0.2) is 65.5 Å². The Morgan fingerprint density at radius 3 is 2.42 bits per heavy atom. The van der Waals surface area contributed by atoms with Gasteiger partial charge in [0.2, 0.25) is 5.89 Å². The van der Waals surface area contributed by atoms with Crippen LogP contribution in [-0.2, 0) is 6.54 Å². The highest BCUT2D eigenvalue weighted by atomic mass is 32.2. The van der Waals surface area contributed by atoms with Gasteiger partial charge >= 0.3 is 0 Å². The Morgan fingerprint density at radius 2 is 1.79 bits per heavy atom. The SMILES string of the molecule is CSc1ccc(-c2nc(CN3CCN(CCO)CC3)c(C)o2)cc1. The van der Waals surface area contributed by atoms with E-state index in [-0.39, 0.29) is 6.61 Å². The summed E-state index contributed by atoms with van der Waals surface area (Å²) in [5, 5.41) is 9.02. The average Bonchev–Trinajstić information content (AvgIpc) is 2.98. The van der Waals surface area contributed by atoms with Gasteiger partial charge in [0, 0.05) is 49.7 Å². The molecule has 1 aromatic heterocycles. The lowest BCUT2D eigenvalue weighted by Gasteiger charge is -2.33. The zero-order chi connectivity index (χ0) is 16.9. The maximum absolute atomic E-state index is 9.02. The Hall–Kier alpha value is -1.34. The lowest BCUT2D eigenvalue weighted by Crippen LogP contribution is -2.46. The van der Waals surface area contributed by atoms with E-state index in [1.165, 1.54) is 4.90 Å². The quantitative estimate of drug-likeness (QED) is 0.810. The summed E-state index contributed by atoms with van der Waals surface area (Å²) in [5.41, 5.74) is 2.05. The molecule has 1 aromatic carbocycles. The molecular weight excluding hydrogens is 322 g/mol. The molecule has 6 heteroatoms. The fourth-order valence-electron chi connectivity index (χ4n) is 2.96. The summed E-state index contributed by atoms with van der Waals surface area (Å²) in [7, 11) is 0. The number of piperazine rings is 1. The maximum Gasteiger partial charge on any atom is 0.226 e. The van der Waals surface area contributed by atoms with Crippen molar-refractivity contribution in [3.05, 3.63) is 35.7 Å². The number of nitrogens with zero attached hydrogens (tertiary/aromatic N) is 3. The highest BCUT2D eigenvalue weighted by molar-refractivity contribution is 7.98. The van der Waals surface area contributed by atoms with Crippen molar-refractivity contribution < 1.29 is 9.52 Å². The standard InChI is InChI=1S/C18H25N3O2S/c1-14-17(13-21-9-7-20(8-10-21)11-12-22)19-18(23-14)15-3-5-16(24-2)6-4-15/h3-6,22H,7-13H2,1-2H3. The first-order valence-corrected chi connectivity index (χ1v) is 9.58. The normalized spacial score (nSPS) is 16.6. The van der Waals surface area contributed by atoms with Crippen LogP contribution in [0.2, 0.25) is 0 Å². The molecule has 5 nitrogen and oxygen atoms in total. The van der Waals surface area contributed by atoms with E-state index in [2.05, 4.69) is 40.3 Å². The number of rotatable bonds is 6. The molecule has 0 saturated carbocycles. The first-order valence-electron chi connectivity index (χ1n) is 8.36. The van der Waals surface area contributed by atoms with Gasteiger partial charge in [-0.3, -0.25) is 9.80 Å². The van der Waals surface area contributed by atoms with Crippen LogP contribution in [0, 0.1) is 6.92 Å². The van der Waals surface area contributed by atoms with Crippen molar-refractivity contribution in [2.45, 2.75) is 18.4 Å². The molecule has 1 aliphatic heterocycles. The van der Waals surface area contributed by atoms with Crippen LogP contribution in [0.15, 0.2) is 33.6 Å². The molecule has 3 rings (SSSR count). The molecule has 1 aliphatic rings. The van der Waals surface area contributed by atoms with E-state index < -0.39 is 0 Å². The number of thioether (sulfide) groups is 1. The average molecular weight is 347 g/mol. The van der Waals surface area contributed by atoms with Crippen LogP contribution in [0.1, 0.15) is 11.5 Å². The van der Waals surface area contributed by atoms with Crippen LogP contribution >= 0.6 is 11.8 Å². The molecule has 0 amide bonds. The molecule has 1 N–H and O–H groups in total. The van der Waals surface area contributed by atoms with Crippen molar-refractivity contribution in [3.63, 3.8) is 0 Å². The Kier molecular flexibility index (Phi) is 5.94. The van der Waals surface area contributed by atoms with Crippen LogP contribution in [0.3, 0.4) is 0 Å². The van der Waals surface area contributed by atoms with E-state index in [4.69, 9.17) is 14.5 Å². The van der Waals surface area contributed by atoms with Crippen LogP contribution < -0.4 is 0 Å². The minimum atomic E-state index is 0.237. The highest BCUT2D eigenvalue weighted by Gasteiger charge is 2.19. The van der Waals surface area contributed by atoms with Crippen LogP contribution in [0.25, 0.3) is 11.5 Å². The third-order valence-corrected chi connectivity index (χ3v) is 5.23. The summed E-state index contributed by atoms with van der Waals surface area (Å²) >= 11 is 1.73. The Bertz CT molecular complexity index is 649. The second-order valence-electron chi connectivity index (χ2n) is 6.09. The number of β-amino-alcohol motifs (C(OH)–C–C–N with tert-alkyl or cyclic N) is 1. The third kappa shape index (κ3) is 4.19. The fourth-order valence-corrected chi connectivity index (χ4v) is 3.36. The van der Waals surface area contributed by atoms with Gasteiger partial charge in [-0.25, -0.2) is 4.98 Å². The topological polar surface area (TPSA) is 52.7 Å². The summed E-state index contributed by atoms with van der Waals surface area (Å²) in [5.74, 6) is 1.60. The number of aliphatic hydroxyl groups excluding tert-OH is 1. The summed E-state index contributed by atoms with van der Waals surface area (Å²) in [6, 6.07) is 8.32. The summed E-state index contributed by atoms with van der Waals surface area (Å²) < 4.78 is 5.89. The second kappa shape index (κ2) is 8.16. The molecule has 1 saturated heterocycles. The number of hydrogen-bond acceptors (Lipinski definition) is 6. The number of hydrogen-bond donors (Lipinski definition) is 1. The summed E-state index contributed by atoms with van der Waals surface area (Å²) in [6.45, 7) is 7.83. The first-order chi connectivity index (χ1) is 11.7. The predicted molar refractivity (Wildman–Crippen MR) is 97.3 cm³/mol. The number of aryl methyl sites for hydroxylation is 1. The molecule has 0 spiro atoms. The molecule has 2 heterocycles. The molecule has 0 radical (unpaired) electrons. The van der Waals surface area contributed by atoms with Gasteiger partial charge in [0.15, 0.2) is 0 Å². The Balaban J connectivity index is 1.64. The van der Waals surface area contributed by atoms with E-state index in [0.29, 0.717) is 5.89 Å². The van der Waals surface area contributed by atoms with Crippen molar-refractivity contribution in [2.75, 3.05) is 45.6 Å². The first kappa shape index (κ1) is 17.5. The second-order valence-corrected chi connectivity index (χ2v) is 6.97. The van der Waals surface area contributed by atoms with Gasteiger partial charge in [0.05, 0.1) is 12.3 Å². The largest absolute Gasteiger partial charge is 0.441 e.